The molecule has 8 nitrogen and oxygen atoms in total. The first-order valence-corrected chi connectivity index (χ1v) is 10.4. The van der Waals surface area contributed by atoms with Crippen molar-refractivity contribution in [3.8, 4) is 11.3 Å². The van der Waals surface area contributed by atoms with Crippen molar-refractivity contribution in [1.82, 2.24) is 14.7 Å². The van der Waals surface area contributed by atoms with Crippen molar-refractivity contribution < 1.29 is 13.2 Å². The molecule has 30 heavy (non-hydrogen) atoms. The summed E-state index contributed by atoms with van der Waals surface area (Å²) in [5.74, 6) is -0.558. The van der Waals surface area contributed by atoms with E-state index in [1.54, 1.807) is 6.92 Å². The first-order valence-electron chi connectivity index (χ1n) is 8.95. The fraction of sp³-hybridized carbons (Fsp3) is 0.0952. The van der Waals surface area contributed by atoms with Crippen molar-refractivity contribution in [2.75, 3.05) is 11.1 Å². The summed E-state index contributed by atoms with van der Waals surface area (Å²) in [6.07, 6.45) is 1.50. The number of nitrogens with one attached hydrogen (secondary N) is 2. The Balaban J connectivity index is 1.81. The quantitative estimate of drug-likeness (QED) is 0.559. The van der Waals surface area contributed by atoms with Gasteiger partial charge in [-0.3, -0.25) is 9.52 Å². The van der Waals surface area contributed by atoms with Crippen LogP contribution in [0.3, 0.4) is 0 Å². The predicted octanol–water partition coefficient (Wildman–Crippen LogP) is 3.10. The summed E-state index contributed by atoms with van der Waals surface area (Å²) in [6.45, 7) is 7.04. The van der Waals surface area contributed by atoms with Crippen LogP contribution < -0.4 is 15.8 Å². The van der Waals surface area contributed by atoms with Crippen LogP contribution in [0, 0.1) is 6.92 Å². The molecule has 1 amide bonds. The van der Waals surface area contributed by atoms with Gasteiger partial charge >= 0.3 is 0 Å². The Labute approximate surface area is 174 Å². The standard InChI is InChI=1S/C21H21N5O3S/c1-13(2)26-30(28,29)17-10-8-16(9-11-17)24-21(27)19-20(22)23-12-18(25-19)15-6-4-14(3)5-7-15/h4-12,26H,1H2,2-3H3,(H2,22,23)(H,24,27). The lowest BCUT2D eigenvalue weighted by atomic mass is 10.1. The van der Waals surface area contributed by atoms with E-state index in [1.165, 1.54) is 30.5 Å². The number of anilines is 2. The molecule has 0 aliphatic carbocycles. The molecule has 0 saturated heterocycles. The van der Waals surface area contributed by atoms with Crippen LogP contribution in [0.2, 0.25) is 0 Å². The third-order valence-electron chi connectivity index (χ3n) is 4.09. The first-order chi connectivity index (χ1) is 14.2. The molecule has 0 spiro atoms. The summed E-state index contributed by atoms with van der Waals surface area (Å²) >= 11 is 0. The number of carbonyl (C=O) groups excluding carboxylic acids is 1. The third-order valence-corrected chi connectivity index (χ3v) is 5.60. The van der Waals surface area contributed by atoms with Gasteiger partial charge in [-0.2, -0.15) is 0 Å². The maximum Gasteiger partial charge on any atom is 0.278 e. The molecule has 3 aromatic rings. The summed E-state index contributed by atoms with van der Waals surface area (Å²) < 4.78 is 26.6. The van der Waals surface area contributed by atoms with Crippen molar-refractivity contribution in [3.63, 3.8) is 0 Å². The highest BCUT2D eigenvalue weighted by Crippen LogP contribution is 2.20. The van der Waals surface area contributed by atoms with Crippen LogP contribution in [-0.2, 0) is 10.0 Å². The average Bonchev–Trinajstić information content (AvgIpc) is 2.68. The Bertz CT molecular complexity index is 1200. The Morgan fingerprint density at radius 3 is 2.30 bits per heavy atom. The maximum absolute atomic E-state index is 12.7. The molecule has 0 radical (unpaired) electrons. The van der Waals surface area contributed by atoms with E-state index in [4.69, 9.17) is 5.73 Å². The van der Waals surface area contributed by atoms with E-state index >= 15 is 0 Å². The molecular formula is C21H21N5O3S. The minimum Gasteiger partial charge on any atom is -0.382 e. The molecule has 0 atom stereocenters. The van der Waals surface area contributed by atoms with E-state index < -0.39 is 15.9 Å². The average molecular weight is 423 g/mol. The van der Waals surface area contributed by atoms with Gasteiger partial charge in [-0.1, -0.05) is 36.4 Å². The minimum atomic E-state index is -3.71. The number of aromatic nitrogens is 2. The number of hydrogen-bond acceptors (Lipinski definition) is 6. The number of sulfonamides is 1. The summed E-state index contributed by atoms with van der Waals surface area (Å²) in [6, 6.07) is 13.3. The maximum atomic E-state index is 12.7. The zero-order valence-corrected chi connectivity index (χ0v) is 17.3. The molecule has 0 aliphatic rings. The monoisotopic (exact) mass is 423 g/mol. The molecule has 0 unspecified atom stereocenters. The van der Waals surface area contributed by atoms with E-state index in [-0.39, 0.29) is 16.4 Å². The molecule has 1 heterocycles. The van der Waals surface area contributed by atoms with Crippen molar-refractivity contribution in [1.29, 1.82) is 0 Å². The van der Waals surface area contributed by atoms with Crippen molar-refractivity contribution in [3.05, 3.63) is 78.3 Å². The van der Waals surface area contributed by atoms with Crippen molar-refractivity contribution in [2.24, 2.45) is 0 Å². The number of rotatable bonds is 6. The highest BCUT2D eigenvalue weighted by molar-refractivity contribution is 7.89. The van der Waals surface area contributed by atoms with E-state index in [0.717, 1.165) is 11.1 Å². The van der Waals surface area contributed by atoms with Gasteiger partial charge in [-0.05, 0) is 38.1 Å². The van der Waals surface area contributed by atoms with Crippen LogP contribution in [0.4, 0.5) is 11.5 Å². The van der Waals surface area contributed by atoms with Gasteiger partial charge in [0.2, 0.25) is 0 Å². The predicted molar refractivity (Wildman–Crippen MR) is 116 cm³/mol. The molecule has 2 aromatic carbocycles. The number of hydrogen-bond donors (Lipinski definition) is 3. The fourth-order valence-electron chi connectivity index (χ4n) is 2.62. The van der Waals surface area contributed by atoms with Crippen LogP contribution in [0.5, 0.6) is 0 Å². The number of amides is 1. The largest absolute Gasteiger partial charge is 0.382 e. The third kappa shape index (κ3) is 4.81. The minimum absolute atomic E-state index is 0.00628. The lowest BCUT2D eigenvalue weighted by molar-refractivity contribution is 0.102. The summed E-state index contributed by atoms with van der Waals surface area (Å²) in [7, 11) is -3.71. The van der Waals surface area contributed by atoms with Crippen LogP contribution >= 0.6 is 0 Å². The van der Waals surface area contributed by atoms with Crippen LogP contribution in [0.1, 0.15) is 23.0 Å². The number of allylic oxidation sites excluding steroid dienone is 1. The lowest BCUT2D eigenvalue weighted by Gasteiger charge is -2.10. The SMILES string of the molecule is C=C(C)NS(=O)(=O)c1ccc(NC(=O)c2nc(-c3ccc(C)cc3)cnc2N)cc1. The number of nitrogens with two attached hydrogens (primary N) is 1. The Hall–Kier alpha value is -3.72. The Kier molecular flexibility index (Phi) is 5.84. The van der Waals surface area contributed by atoms with Gasteiger partial charge in [0.05, 0.1) is 16.8 Å². The highest BCUT2D eigenvalue weighted by Gasteiger charge is 2.17. The normalized spacial score (nSPS) is 11.0. The van der Waals surface area contributed by atoms with Crippen molar-refractivity contribution in [2.45, 2.75) is 18.7 Å². The van der Waals surface area contributed by atoms with Gasteiger partial charge in [0.15, 0.2) is 11.5 Å². The smallest absolute Gasteiger partial charge is 0.278 e. The van der Waals surface area contributed by atoms with Crippen molar-refractivity contribution >= 4 is 27.4 Å². The molecule has 4 N–H and O–H groups in total. The van der Waals surface area contributed by atoms with E-state index in [2.05, 4.69) is 26.6 Å². The lowest BCUT2D eigenvalue weighted by Crippen LogP contribution is -2.21. The second kappa shape index (κ2) is 8.34. The summed E-state index contributed by atoms with van der Waals surface area (Å²) in [4.78, 5) is 21.1. The zero-order valence-electron chi connectivity index (χ0n) is 16.5. The number of nitrogen functional groups attached to an aromatic ring is 1. The topological polar surface area (TPSA) is 127 Å². The first kappa shape index (κ1) is 21.0. The Morgan fingerprint density at radius 2 is 1.70 bits per heavy atom. The molecule has 0 aliphatic heterocycles. The second-order valence-corrected chi connectivity index (χ2v) is 8.40. The molecule has 3 rings (SSSR count). The number of nitrogens with zero attached hydrogens (tertiary/aromatic N) is 2. The molecule has 0 bridgehead atoms. The van der Waals surface area contributed by atoms with Crippen LogP contribution in [0.25, 0.3) is 11.3 Å². The van der Waals surface area contributed by atoms with Gasteiger partial charge in [0, 0.05) is 16.9 Å². The Morgan fingerprint density at radius 1 is 1.07 bits per heavy atom. The van der Waals surface area contributed by atoms with Crippen LogP contribution in [-0.4, -0.2) is 24.3 Å². The molecule has 1 aromatic heterocycles. The van der Waals surface area contributed by atoms with Gasteiger partial charge in [-0.15, -0.1) is 0 Å². The molecule has 154 valence electrons. The fourth-order valence-corrected chi connectivity index (χ4v) is 3.70. The van der Waals surface area contributed by atoms with Gasteiger partial charge in [-0.25, -0.2) is 18.4 Å². The summed E-state index contributed by atoms with van der Waals surface area (Å²) in [5.41, 5.74) is 8.93. The number of benzene rings is 2. The molecule has 0 fully saturated rings. The molecule has 9 heteroatoms. The zero-order chi connectivity index (χ0) is 21.9. The van der Waals surface area contributed by atoms with Gasteiger partial charge < -0.3 is 11.1 Å². The van der Waals surface area contributed by atoms with E-state index in [9.17, 15) is 13.2 Å². The van der Waals surface area contributed by atoms with Gasteiger partial charge in [0.25, 0.3) is 15.9 Å². The molecular weight excluding hydrogens is 402 g/mol. The highest BCUT2D eigenvalue weighted by atomic mass is 32.2. The number of carbonyl (C=O) groups is 1. The number of aryl methyl sites for hydroxylation is 1. The van der Waals surface area contributed by atoms with Crippen LogP contribution in [0.15, 0.2) is 71.9 Å². The van der Waals surface area contributed by atoms with E-state index in [1.807, 2.05) is 31.2 Å². The molecule has 0 saturated carbocycles. The van der Waals surface area contributed by atoms with E-state index in [0.29, 0.717) is 17.1 Å². The second-order valence-electron chi connectivity index (χ2n) is 6.72. The van der Waals surface area contributed by atoms with Gasteiger partial charge in [0.1, 0.15) is 0 Å². The summed E-state index contributed by atoms with van der Waals surface area (Å²) in [5, 5.41) is 2.65.